The molecule has 2 aromatic rings. The summed E-state index contributed by atoms with van der Waals surface area (Å²) in [5, 5.41) is 3.01. The van der Waals surface area contributed by atoms with Crippen LogP contribution in [0.15, 0.2) is 30.5 Å². The second-order valence-electron chi connectivity index (χ2n) is 6.98. The number of carbonyl (C=O) groups excluding carboxylic acids is 1. The van der Waals surface area contributed by atoms with Gasteiger partial charge in [-0.2, -0.15) is 0 Å². The zero-order valence-corrected chi connectivity index (χ0v) is 17.0. The van der Waals surface area contributed by atoms with Crippen molar-refractivity contribution in [3.8, 4) is 17.2 Å². The first-order chi connectivity index (χ1) is 13.6. The lowest BCUT2D eigenvalue weighted by atomic mass is 10.1. The van der Waals surface area contributed by atoms with E-state index in [1.54, 1.807) is 21.3 Å². The fraction of sp³-hybridized carbons (Fsp3) is 0.476. The summed E-state index contributed by atoms with van der Waals surface area (Å²) >= 11 is 0. The van der Waals surface area contributed by atoms with E-state index in [1.807, 2.05) is 12.1 Å². The predicted molar refractivity (Wildman–Crippen MR) is 107 cm³/mol. The van der Waals surface area contributed by atoms with Crippen molar-refractivity contribution in [2.75, 3.05) is 34.4 Å². The maximum atomic E-state index is 12.6. The molecule has 28 heavy (non-hydrogen) atoms. The fourth-order valence-electron chi connectivity index (χ4n) is 3.85. The number of amides is 1. The molecule has 1 aliphatic rings. The summed E-state index contributed by atoms with van der Waals surface area (Å²) in [4.78, 5) is 14.8. The van der Waals surface area contributed by atoms with E-state index in [0.717, 1.165) is 24.9 Å². The summed E-state index contributed by atoms with van der Waals surface area (Å²) in [5.41, 5.74) is 2.15. The monoisotopic (exact) mass is 387 g/mol. The molecule has 1 atom stereocenters. The Morgan fingerprint density at radius 1 is 1.18 bits per heavy atom. The minimum Gasteiger partial charge on any atom is -0.493 e. The zero-order chi connectivity index (χ0) is 20.1. The lowest BCUT2D eigenvalue weighted by Crippen LogP contribution is -2.37. The van der Waals surface area contributed by atoms with Crippen molar-refractivity contribution in [1.29, 1.82) is 0 Å². The molecule has 0 bridgehead atoms. The van der Waals surface area contributed by atoms with Crippen molar-refractivity contribution >= 4 is 5.91 Å². The van der Waals surface area contributed by atoms with Crippen LogP contribution in [0.2, 0.25) is 0 Å². The molecule has 1 aromatic carbocycles. The van der Waals surface area contributed by atoms with Crippen LogP contribution in [0.5, 0.6) is 17.2 Å². The normalized spacial score (nSPS) is 16.8. The van der Waals surface area contributed by atoms with Crippen LogP contribution in [-0.2, 0) is 18.4 Å². The van der Waals surface area contributed by atoms with Gasteiger partial charge in [-0.3, -0.25) is 9.69 Å². The summed E-state index contributed by atoms with van der Waals surface area (Å²) in [6, 6.07) is 8.19. The van der Waals surface area contributed by atoms with Crippen molar-refractivity contribution in [3.63, 3.8) is 0 Å². The number of nitrogens with zero attached hydrogens (tertiary/aromatic N) is 2. The second-order valence-corrected chi connectivity index (χ2v) is 6.98. The Hall–Kier alpha value is -2.67. The molecule has 1 N–H and O–H groups in total. The van der Waals surface area contributed by atoms with E-state index in [9.17, 15) is 4.79 Å². The van der Waals surface area contributed by atoms with Gasteiger partial charge in [-0.25, -0.2) is 0 Å². The SMILES string of the molecule is COc1cc(CNC(=O)CN2CCC[C@H]2c2cccn2C)cc(OC)c1OC. The molecule has 1 aromatic heterocycles. The average Bonchev–Trinajstić information content (AvgIpc) is 3.33. The van der Waals surface area contributed by atoms with Crippen LogP contribution in [-0.4, -0.2) is 49.8 Å². The van der Waals surface area contributed by atoms with Crippen LogP contribution in [0.3, 0.4) is 0 Å². The number of aryl methyl sites for hydroxylation is 1. The highest BCUT2D eigenvalue weighted by Crippen LogP contribution is 2.38. The maximum Gasteiger partial charge on any atom is 0.234 e. The predicted octanol–water partition coefficient (Wildman–Crippen LogP) is 2.50. The Labute approximate surface area is 166 Å². The van der Waals surface area contributed by atoms with Gasteiger partial charge in [0.15, 0.2) is 11.5 Å². The van der Waals surface area contributed by atoms with E-state index in [1.165, 1.54) is 5.69 Å². The quantitative estimate of drug-likeness (QED) is 0.754. The van der Waals surface area contributed by atoms with Crippen LogP contribution in [0, 0.1) is 0 Å². The third-order valence-corrected chi connectivity index (χ3v) is 5.25. The van der Waals surface area contributed by atoms with Crippen LogP contribution < -0.4 is 19.5 Å². The van der Waals surface area contributed by atoms with Gasteiger partial charge in [-0.15, -0.1) is 0 Å². The Balaban J connectivity index is 1.62. The third kappa shape index (κ3) is 4.25. The maximum absolute atomic E-state index is 12.6. The summed E-state index contributed by atoms with van der Waals surface area (Å²) < 4.78 is 18.2. The smallest absolute Gasteiger partial charge is 0.234 e. The highest BCUT2D eigenvalue weighted by Gasteiger charge is 2.28. The molecule has 0 unspecified atom stereocenters. The van der Waals surface area contributed by atoms with Crippen LogP contribution >= 0.6 is 0 Å². The number of hydrogen-bond acceptors (Lipinski definition) is 5. The lowest BCUT2D eigenvalue weighted by Gasteiger charge is -2.24. The van der Waals surface area contributed by atoms with Gasteiger partial charge >= 0.3 is 0 Å². The average molecular weight is 387 g/mol. The molecular formula is C21H29N3O4. The number of nitrogens with one attached hydrogen (secondary N) is 1. The highest BCUT2D eigenvalue weighted by molar-refractivity contribution is 5.78. The van der Waals surface area contributed by atoms with Gasteiger partial charge in [0, 0.05) is 25.5 Å². The molecule has 152 valence electrons. The lowest BCUT2D eigenvalue weighted by molar-refractivity contribution is -0.122. The van der Waals surface area contributed by atoms with E-state index < -0.39 is 0 Å². The van der Waals surface area contributed by atoms with E-state index in [-0.39, 0.29) is 5.91 Å². The first-order valence-electron chi connectivity index (χ1n) is 9.48. The van der Waals surface area contributed by atoms with Crippen molar-refractivity contribution in [3.05, 3.63) is 41.7 Å². The molecule has 0 saturated carbocycles. The number of likely N-dealkylation sites (tertiary alicyclic amines) is 1. The molecule has 0 radical (unpaired) electrons. The number of benzene rings is 1. The summed E-state index contributed by atoms with van der Waals surface area (Å²) in [6.45, 7) is 1.73. The van der Waals surface area contributed by atoms with Gasteiger partial charge in [0.2, 0.25) is 11.7 Å². The number of aromatic nitrogens is 1. The molecule has 0 aliphatic carbocycles. The first kappa shape index (κ1) is 20.1. The Bertz CT molecular complexity index is 793. The van der Waals surface area contributed by atoms with Crippen molar-refractivity contribution in [2.45, 2.75) is 25.4 Å². The third-order valence-electron chi connectivity index (χ3n) is 5.25. The van der Waals surface area contributed by atoms with Gasteiger partial charge in [-0.1, -0.05) is 0 Å². The molecule has 1 amide bonds. The molecule has 2 heterocycles. The number of hydrogen-bond donors (Lipinski definition) is 1. The van der Waals surface area contributed by atoms with Gasteiger partial charge in [0.25, 0.3) is 0 Å². The summed E-state index contributed by atoms with van der Waals surface area (Å²) in [7, 11) is 6.78. The van der Waals surface area contributed by atoms with E-state index >= 15 is 0 Å². The summed E-state index contributed by atoms with van der Waals surface area (Å²) in [5.74, 6) is 1.71. The molecule has 1 saturated heterocycles. The minimum absolute atomic E-state index is 0.00913. The van der Waals surface area contributed by atoms with Crippen LogP contribution in [0.4, 0.5) is 0 Å². The van der Waals surface area contributed by atoms with Gasteiger partial charge in [-0.05, 0) is 49.2 Å². The van der Waals surface area contributed by atoms with Gasteiger partial charge in [0.05, 0.1) is 33.9 Å². The van der Waals surface area contributed by atoms with E-state index in [2.05, 4.69) is 40.2 Å². The molecular weight excluding hydrogens is 358 g/mol. The molecule has 0 spiro atoms. The molecule has 7 heteroatoms. The number of methoxy groups -OCH3 is 3. The van der Waals surface area contributed by atoms with Gasteiger partial charge in [0.1, 0.15) is 0 Å². The first-order valence-corrected chi connectivity index (χ1v) is 9.48. The topological polar surface area (TPSA) is 65.0 Å². The number of rotatable bonds is 8. The van der Waals surface area contributed by atoms with Crippen LogP contribution in [0.25, 0.3) is 0 Å². The molecule has 1 fully saturated rings. The summed E-state index contributed by atoms with van der Waals surface area (Å²) in [6.07, 6.45) is 4.24. The van der Waals surface area contributed by atoms with Crippen molar-refractivity contribution < 1.29 is 19.0 Å². The van der Waals surface area contributed by atoms with Gasteiger partial charge < -0.3 is 24.1 Å². The van der Waals surface area contributed by atoms with Crippen molar-refractivity contribution in [2.24, 2.45) is 7.05 Å². The second kappa shape index (κ2) is 9.01. The minimum atomic E-state index is 0.00913. The molecule has 1 aliphatic heterocycles. The Kier molecular flexibility index (Phi) is 6.46. The largest absolute Gasteiger partial charge is 0.493 e. The number of carbonyl (C=O) groups is 1. The molecule has 3 rings (SSSR count). The molecule has 7 nitrogen and oxygen atoms in total. The highest BCUT2D eigenvalue weighted by atomic mass is 16.5. The zero-order valence-electron chi connectivity index (χ0n) is 17.0. The van der Waals surface area contributed by atoms with E-state index in [0.29, 0.717) is 36.4 Å². The standard InChI is InChI=1S/C21H29N3O4/c1-23-9-5-7-16(23)17-8-6-10-24(17)14-20(25)22-13-15-11-18(26-2)21(28-4)19(12-15)27-3/h5,7,9,11-12,17H,6,8,10,13-14H2,1-4H3,(H,22,25)/t17-/m0/s1. The van der Waals surface area contributed by atoms with Crippen LogP contribution in [0.1, 0.15) is 30.1 Å². The van der Waals surface area contributed by atoms with E-state index in [4.69, 9.17) is 14.2 Å². The number of ether oxygens (including phenoxy) is 3. The fourth-order valence-corrected chi connectivity index (χ4v) is 3.85. The Morgan fingerprint density at radius 3 is 2.46 bits per heavy atom. The Morgan fingerprint density at radius 2 is 1.89 bits per heavy atom. The van der Waals surface area contributed by atoms with Crippen molar-refractivity contribution in [1.82, 2.24) is 14.8 Å².